The lowest BCUT2D eigenvalue weighted by Crippen LogP contribution is -2.29. The summed E-state index contributed by atoms with van der Waals surface area (Å²) in [5, 5.41) is 8.87. The molecule has 0 radical (unpaired) electrons. The number of carbonyl (C=O) groups excluding carboxylic acids is 1. The number of pyridine rings is 1. The predicted molar refractivity (Wildman–Crippen MR) is 72.7 cm³/mol. The first-order chi connectivity index (χ1) is 9.04. The van der Waals surface area contributed by atoms with Crippen LogP contribution >= 0.6 is 0 Å². The van der Waals surface area contributed by atoms with Crippen LogP contribution < -0.4 is 10.6 Å². The highest BCUT2D eigenvalue weighted by atomic mass is 16.5. The van der Waals surface area contributed by atoms with Crippen LogP contribution in [0.2, 0.25) is 0 Å². The Morgan fingerprint density at radius 1 is 1.68 bits per heavy atom. The van der Waals surface area contributed by atoms with Crippen LogP contribution in [0.1, 0.15) is 24.2 Å². The summed E-state index contributed by atoms with van der Waals surface area (Å²) in [6.45, 7) is 4.92. The number of hydrogen-bond donors (Lipinski definition) is 1. The molecule has 1 rings (SSSR count). The maximum Gasteiger partial charge on any atom is 0.340 e. The molecule has 0 aliphatic heterocycles. The van der Waals surface area contributed by atoms with E-state index in [4.69, 9.17) is 11.0 Å². The fourth-order valence-corrected chi connectivity index (χ4v) is 1.74. The van der Waals surface area contributed by atoms with Crippen molar-refractivity contribution >= 4 is 17.5 Å². The molecule has 1 aromatic heterocycles. The molecular weight excluding hydrogens is 244 g/mol. The van der Waals surface area contributed by atoms with Gasteiger partial charge in [-0.3, -0.25) is 0 Å². The van der Waals surface area contributed by atoms with E-state index in [9.17, 15) is 4.79 Å². The van der Waals surface area contributed by atoms with E-state index in [1.54, 1.807) is 0 Å². The summed E-state index contributed by atoms with van der Waals surface area (Å²) in [5.41, 5.74) is 6.53. The molecule has 1 aromatic rings. The van der Waals surface area contributed by atoms with Gasteiger partial charge in [-0.15, -0.1) is 0 Å². The van der Waals surface area contributed by atoms with Gasteiger partial charge in [-0.2, -0.15) is 5.26 Å². The second-order valence-corrected chi connectivity index (χ2v) is 4.16. The van der Waals surface area contributed by atoms with Crippen molar-refractivity contribution in [2.45, 2.75) is 13.8 Å². The van der Waals surface area contributed by atoms with Gasteiger partial charge in [-0.05, 0) is 19.9 Å². The lowest BCUT2D eigenvalue weighted by Gasteiger charge is -2.24. The van der Waals surface area contributed by atoms with E-state index in [1.807, 2.05) is 18.7 Å². The molecule has 6 nitrogen and oxygen atoms in total. The highest BCUT2D eigenvalue weighted by Crippen LogP contribution is 2.25. The molecule has 0 bridgehead atoms. The van der Waals surface area contributed by atoms with Crippen molar-refractivity contribution in [2.75, 3.05) is 30.8 Å². The highest BCUT2D eigenvalue weighted by Gasteiger charge is 2.18. The van der Waals surface area contributed by atoms with Crippen LogP contribution in [0.3, 0.4) is 0 Å². The number of nitrogens with zero attached hydrogens (tertiary/aromatic N) is 3. The van der Waals surface area contributed by atoms with E-state index < -0.39 is 5.97 Å². The van der Waals surface area contributed by atoms with Crippen LogP contribution in [-0.4, -0.2) is 31.2 Å². The molecule has 102 valence electrons. The Morgan fingerprint density at radius 2 is 2.37 bits per heavy atom. The van der Waals surface area contributed by atoms with Crippen molar-refractivity contribution in [1.82, 2.24) is 4.98 Å². The van der Waals surface area contributed by atoms with Gasteiger partial charge in [0, 0.05) is 19.3 Å². The Kier molecular flexibility index (Phi) is 5.12. The van der Waals surface area contributed by atoms with Gasteiger partial charge in [-0.25, -0.2) is 9.78 Å². The van der Waals surface area contributed by atoms with E-state index in [0.717, 1.165) is 0 Å². The van der Waals surface area contributed by atoms with Crippen molar-refractivity contribution in [1.29, 1.82) is 5.26 Å². The number of rotatable bonds is 5. The first-order valence-corrected chi connectivity index (χ1v) is 6.02. The lowest BCUT2D eigenvalue weighted by molar-refractivity contribution is 0.0602. The number of esters is 1. The fourth-order valence-electron chi connectivity index (χ4n) is 1.74. The molecule has 19 heavy (non-hydrogen) atoms. The topological polar surface area (TPSA) is 92.2 Å². The minimum absolute atomic E-state index is 0.150. The van der Waals surface area contributed by atoms with Crippen LogP contribution in [0.15, 0.2) is 12.3 Å². The van der Waals surface area contributed by atoms with Crippen molar-refractivity contribution in [2.24, 2.45) is 5.92 Å². The largest absolute Gasteiger partial charge is 0.465 e. The summed E-state index contributed by atoms with van der Waals surface area (Å²) in [6, 6.07) is 3.69. The van der Waals surface area contributed by atoms with Crippen LogP contribution in [0.5, 0.6) is 0 Å². The number of hydrogen-bond acceptors (Lipinski definition) is 6. The number of ether oxygens (including phenoxy) is 1. The molecule has 0 aliphatic rings. The molecule has 1 atom stereocenters. The Hall–Kier alpha value is -2.29. The lowest BCUT2D eigenvalue weighted by atomic mass is 10.1. The monoisotopic (exact) mass is 262 g/mol. The van der Waals surface area contributed by atoms with Crippen LogP contribution in [0, 0.1) is 17.2 Å². The normalized spacial score (nSPS) is 11.5. The third-order valence-electron chi connectivity index (χ3n) is 2.77. The predicted octanol–water partition coefficient (Wildman–Crippen LogP) is 1.44. The Bertz CT molecular complexity index is 496. The zero-order valence-electron chi connectivity index (χ0n) is 11.4. The van der Waals surface area contributed by atoms with Crippen molar-refractivity contribution in [3.8, 4) is 6.07 Å². The summed E-state index contributed by atoms with van der Waals surface area (Å²) < 4.78 is 4.67. The summed E-state index contributed by atoms with van der Waals surface area (Å²) >= 11 is 0. The number of methoxy groups -OCH3 is 1. The molecule has 2 N–H and O–H groups in total. The van der Waals surface area contributed by atoms with Crippen LogP contribution in [-0.2, 0) is 4.74 Å². The smallest absolute Gasteiger partial charge is 0.340 e. The number of aromatic nitrogens is 1. The van der Waals surface area contributed by atoms with Gasteiger partial charge in [0.2, 0.25) is 0 Å². The zero-order valence-corrected chi connectivity index (χ0v) is 11.4. The minimum Gasteiger partial charge on any atom is -0.465 e. The first kappa shape index (κ1) is 14.8. The number of anilines is 2. The third-order valence-corrected chi connectivity index (χ3v) is 2.77. The van der Waals surface area contributed by atoms with Crippen LogP contribution in [0.25, 0.3) is 0 Å². The van der Waals surface area contributed by atoms with E-state index in [0.29, 0.717) is 18.9 Å². The van der Waals surface area contributed by atoms with Gasteiger partial charge in [0.25, 0.3) is 0 Å². The van der Waals surface area contributed by atoms with E-state index >= 15 is 0 Å². The molecule has 1 unspecified atom stereocenters. The molecule has 0 amide bonds. The minimum atomic E-state index is -0.495. The van der Waals surface area contributed by atoms with Gasteiger partial charge in [0.1, 0.15) is 0 Å². The molecule has 0 saturated heterocycles. The molecule has 0 spiro atoms. The second kappa shape index (κ2) is 6.59. The first-order valence-electron chi connectivity index (χ1n) is 6.02. The second-order valence-electron chi connectivity index (χ2n) is 4.16. The summed E-state index contributed by atoms with van der Waals surface area (Å²) in [7, 11) is 1.30. The Labute approximate surface area is 112 Å². The number of nitrogen functional groups attached to an aromatic ring is 1. The van der Waals surface area contributed by atoms with Crippen LogP contribution in [0.4, 0.5) is 11.5 Å². The SMILES string of the molecule is CCN(CC(C)C#N)c1nccc(C(=O)OC)c1N. The van der Waals surface area contributed by atoms with E-state index in [-0.39, 0.29) is 17.2 Å². The van der Waals surface area contributed by atoms with E-state index in [2.05, 4.69) is 15.8 Å². The van der Waals surface area contributed by atoms with Gasteiger partial charge in [-0.1, -0.05) is 0 Å². The van der Waals surface area contributed by atoms with Crippen molar-refractivity contribution < 1.29 is 9.53 Å². The Morgan fingerprint density at radius 3 is 2.89 bits per heavy atom. The standard InChI is InChI=1S/C13H18N4O2/c1-4-17(8-9(2)7-14)12-11(15)10(5-6-16-12)13(18)19-3/h5-6,9H,4,8,15H2,1-3H3. The van der Waals surface area contributed by atoms with E-state index in [1.165, 1.54) is 19.4 Å². The van der Waals surface area contributed by atoms with Gasteiger partial charge < -0.3 is 15.4 Å². The highest BCUT2D eigenvalue weighted by molar-refractivity contribution is 5.97. The molecule has 0 fully saturated rings. The molecular formula is C13H18N4O2. The summed E-state index contributed by atoms with van der Waals surface area (Å²) in [6.07, 6.45) is 1.51. The number of nitriles is 1. The summed E-state index contributed by atoms with van der Waals surface area (Å²) in [4.78, 5) is 17.6. The molecule has 6 heteroatoms. The molecule has 0 aromatic carbocycles. The maximum atomic E-state index is 11.6. The Balaban J connectivity index is 3.12. The molecule has 1 heterocycles. The van der Waals surface area contributed by atoms with Crippen molar-refractivity contribution in [3.05, 3.63) is 17.8 Å². The van der Waals surface area contributed by atoms with Gasteiger partial charge in [0.15, 0.2) is 5.82 Å². The fraction of sp³-hybridized carbons (Fsp3) is 0.462. The van der Waals surface area contributed by atoms with Gasteiger partial charge in [0.05, 0.1) is 30.3 Å². The zero-order chi connectivity index (χ0) is 14.4. The summed E-state index contributed by atoms with van der Waals surface area (Å²) in [5.74, 6) is -0.138. The number of carbonyl (C=O) groups is 1. The molecule has 0 saturated carbocycles. The third kappa shape index (κ3) is 3.35. The van der Waals surface area contributed by atoms with Crippen molar-refractivity contribution in [3.63, 3.8) is 0 Å². The average Bonchev–Trinajstić information content (AvgIpc) is 2.44. The quantitative estimate of drug-likeness (QED) is 0.807. The maximum absolute atomic E-state index is 11.6. The average molecular weight is 262 g/mol. The number of nitrogens with two attached hydrogens (primary N) is 1. The van der Waals surface area contributed by atoms with Gasteiger partial charge >= 0.3 is 5.97 Å². The molecule has 0 aliphatic carbocycles.